The van der Waals surface area contributed by atoms with Crippen molar-refractivity contribution in [3.63, 3.8) is 0 Å². The number of H-pyrrole nitrogens is 2. The first-order valence-electron chi connectivity index (χ1n) is 15.7. The van der Waals surface area contributed by atoms with Crippen molar-refractivity contribution in [2.75, 3.05) is 26.2 Å². The molecule has 2 saturated heterocycles. The van der Waals surface area contributed by atoms with Gasteiger partial charge in [0.05, 0.1) is 22.9 Å². The van der Waals surface area contributed by atoms with Gasteiger partial charge in [-0.2, -0.15) is 5.10 Å². The van der Waals surface area contributed by atoms with Gasteiger partial charge in [-0.15, -0.1) is 0 Å². The maximum atomic E-state index is 14.2. The van der Waals surface area contributed by atoms with E-state index in [1.807, 2.05) is 30.0 Å². The summed E-state index contributed by atoms with van der Waals surface area (Å²) in [5.74, 6) is -0.0763. The zero-order valence-electron chi connectivity index (χ0n) is 25.2. The molecule has 0 spiro atoms. The van der Waals surface area contributed by atoms with Crippen molar-refractivity contribution in [3.8, 4) is 28.4 Å². The van der Waals surface area contributed by atoms with Crippen molar-refractivity contribution in [1.29, 1.82) is 0 Å². The molecule has 4 aromatic rings. The minimum atomic E-state index is -0.637. The Morgan fingerprint density at radius 1 is 1.14 bits per heavy atom. The number of phenols is 1. The number of likely N-dealkylation sites (tertiary alicyclic amines) is 2. The Hall–Kier alpha value is -3.76. The van der Waals surface area contributed by atoms with Gasteiger partial charge in [-0.05, 0) is 87.2 Å². The second-order valence-electron chi connectivity index (χ2n) is 12.6. The van der Waals surface area contributed by atoms with Crippen LogP contribution in [0.25, 0.3) is 33.5 Å². The number of hydrogen-bond donors (Lipinski definition) is 3. The number of amides is 1. The molecule has 0 bridgehead atoms. The van der Waals surface area contributed by atoms with Crippen molar-refractivity contribution >= 4 is 16.8 Å². The average molecular weight is 586 g/mol. The van der Waals surface area contributed by atoms with Gasteiger partial charge in [0.2, 0.25) is 5.91 Å². The second kappa shape index (κ2) is 11.1. The third-order valence-electron chi connectivity index (χ3n) is 9.67. The van der Waals surface area contributed by atoms with Crippen molar-refractivity contribution in [3.05, 3.63) is 53.1 Å². The number of carbonyl (C=O) groups is 1. The monoisotopic (exact) mass is 585 g/mol. The smallest absolute Gasteiger partial charge is 0.240 e. The van der Waals surface area contributed by atoms with Crippen LogP contribution in [-0.4, -0.2) is 90.2 Å². The third kappa shape index (κ3) is 5.00. The number of aryl methyl sites for hydroxylation is 1. The van der Waals surface area contributed by atoms with Gasteiger partial charge in [-0.3, -0.25) is 19.7 Å². The maximum Gasteiger partial charge on any atom is 0.240 e. The lowest BCUT2D eigenvalue weighted by molar-refractivity contribution is -0.146. The molecule has 7 rings (SSSR count). The van der Waals surface area contributed by atoms with Gasteiger partial charge in [-0.1, -0.05) is 19.4 Å². The lowest BCUT2D eigenvalue weighted by Crippen LogP contribution is -2.65. The number of carbonyl (C=O) groups excluding carboxylic acids is 1. The number of piperidine rings is 1. The molecule has 2 aromatic heterocycles. The lowest BCUT2D eigenvalue weighted by atomic mass is 9.96. The molecule has 226 valence electrons. The molecule has 1 amide bonds. The number of phenolic OH excluding ortho intramolecular Hbond substituents is 1. The van der Waals surface area contributed by atoms with E-state index in [1.54, 1.807) is 0 Å². The zero-order valence-corrected chi connectivity index (χ0v) is 25.2. The molecule has 0 radical (unpaired) electrons. The summed E-state index contributed by atoms with van der Waals surface area (Å²) in [5, 5.41) is 18.5. The molecule has 43 heavy (non-hydrogen) atoms. The molecule has 1 unspecified atom stereocenters. The van der Waals surface area contributed by atoms with E-state index in [2.05, 4.69) is 38.8 Å². The number of aromatic amines is 2. The Morgan fingerprint density at radius 3 is 2.67 bits per heavy atom. The summed E-state index contributed by atoms with van der Waals surface area (Å²) >= 11 is 0. The van der Waals surface area contributed by atoms with Gasteiger partial charge >= 0.3 is 0 Å². The highest BCUT2D eigenvalue weighted by Crippen LogP contribution is 2.35. The maximum absolute atomic E-state index is 14.2. The fourth-order valence-corrected chi connectivity index (χ4v) is 7.12. The number of fused-ring (bicyclic) bond motifs is 2. The number of benzene rings is 2. The molecule has 10 heteroatoms. The number of nitrogens with zero attached hydrogens (tertiary/aromatic N) is 5. The van der Waals surface area contributed by atoms with Crippen LogP contribution in [0.3, 0.4) is 0 Å². The summed E-state index contributed by atoms with van der Waals surface area (Å²) < 4.78 is 14.2. The molecule has 0 saturated carbocycles. The van der Waals surface area contributed by atoms with E-state index in [0.29, 0.717) is 31.3 Å². The largest absolute Gasteiger partial charge is 0.505 e. The van der Waals surface area contributed by atoms with Crippen molar-refractivity contribution in [2.45, 2.75) is 77.5 Å². The molecule has 5 heterocycles. The molecule has 2 aromatic carbocycles. The molecule has 3 aliphatic heterocycles. The van der Waals surface area contributed by atoms with E-state index >= 15 is 0 Å². The van der Waals surface area contributed by atoms with Crippen LogP contribution in [0, 0.1) is 5.82 Å². The van der Waals surface area contributed by atoms with E-state index in [1.165, 1.54) is 31.4 Å². The minimum Gasteiger partial charge on any atom is -0.505 e. The Bertz CT molecular complexity index is 1670. The Morgan fingerprint density at radius 2 is 1.93 bits per heavy atom. The second-order valence-corrected chi connectivity index (χ2v) is 12.6. The van der Waals surface area contributed by atoms with Gasteiger partial charge in [0.25, 0.3) is 0 Å². The highest BCUT2D eigenvalue weighted by atomic mass is 19.1. The number of aromatic nitrogens is 4. The first kappa shape index (κ1) is 28.0. The first-order valence-corrected chi connectivity index (χ1v) is 15.7. The van der Waals surface area contributed by atoms with Crippen LogP contribution in [-0.2, 0) is 24.2 Å². The van der Waals surface area contributed by atoms with Crippen LogP contribution in [0.1, 0.15) is 57.0 Å². The number of imidazole rings is 1. The van der Waals surface area contributed by atoms with E-state index < -0.39 is 5.82 Å². The zero-order chi connectivity index (χ0) is 29.8. The normalized spacial score (nSPS) is 20.1. The number of rotatable bonds is 6. The standard InChI is InChI=1S/C33H40FN7O2/c1-4-20-13-30(42)25(34)14-24(20)21-8-9-23-26(12-21)37-38-31(23)32-35-27-15-29(41(19(2)3)18-28(27)36-32)33(43)40-16-22(17-40)39-10-6-5-7-11-39/h8-9,12-14,19,22,29,42H,4-7,10-11,15-18H2,1-3H3,(H,35,36)(H,37,38). The molecule has 3 aliphatic rings. The van der Waals surface area contributed by atoms with E-state index in [4.69, 9.17) is 4.98 Å². The van der Waals surface area contributed by atoms with Crippen LogP contribution in [0.5, 0.6) is 5.75 Å². The summed E-state index contributed by atoms with van der Waals surface area (Å²) in [5.41, 5.74) is 5.96. The Labute approximate surface area is 251 Å². The van der Waals surface area contributed by atoms with E-state index in [-0.39, 0.29) is 23.7 Å². The predicted octanol–water partition coefficient (Wildman–Crippen LogP) is 4.86. The fraction of sp³-hybridized carbons (Fsp3) is 0.485. The van der Waals surface area contributed by atoms with E-state index in [0.717, 1.165) is 70.9 Å². The molecule has 1 atom stereocenters. The van der Waals surface area contributed by atoms with Gasteiger partial charge in [0.15, 0.2) is 17.4 Å². The fourth-order valence-electron chi connectivity index (χ4n) is 7.12. The van der Waals surface area contributed by atoms with Crippen molar-refractivity contribution < 1.29 is 14.3 Å². The quantitative estimate of drug-likeness (QED) is 0.299. The van der Waals surface area contributed by atoms with Crippen molar-refractivity contribution in [2.24, 2.45) is 0 Å². The number of aromatic hydroxyl groups is 1. The Kier molecular flexibility index (Phi) is 7.21. The molecular formula is C33H40FN7O2. The van der Waals surface area contributed by atoms with Crippen LogP contribution in [0.15, 0.2) is 30.3 Å². The predicted molar refractivity (Wildman–Crippen MR) is 164 cm³/mol. The average Bonchev–Trinajstić information content (AvgIpc) is 3.60. The number of hydrogen-bond acceptors (Lipinski definition) is 6. The van der Waals surface area contributed by atoms with Crippen LogP contribution >= 0.6 is 0 Å². The summed E-state index contributed by atoms with van der Waals surface area (Å²) in [6.45, 7) is 10.9. The summed E-state index contributed by atoms with van der Waals surface area (Å²) in [4.78, 5) is 29.1. The number of halogens is 1. The van der Waals surface area contributed by atoms with E-state index in [9.17, 15) is 14.3 Å². The third-order valence-corrected chi connectivity index (χ3v) is 9.67. The highest BCUT2D eigenvalue weighted by molar-refractivity contribution is 5.94. The van der Waals surface area contributed by atoms with Gasteiger partial charge in [0.1, 0.15) is 5.69 Å². The van der Waals surface area contributed by atoms with Gasteiger partial charge < -0.3 is 15.0 Å². The number of nitrogens with one attached hydrogen (secondary N) is 2. The molecule has 3 N–H and O–H groups in total. The summed E-state index contributed by atoms with van der Waals surface area (Å²) in [6.07, 6.45) is 5.10. The summed E-state index contributed by atoms with van der Waals surface area (Å²) in [7, 11) is 0. The van der Waals surface area contributed by atoms with Gasteiger partial charge in [0, 0.05) is 43.5 Å². The van der Waals surface area contributed by atoms with Gasteiger partial charge in [-0.25, -0.2) is 9.37 Å². The Balaban J connectivity index is 1.12. The minimum absolute atomic E-state index is 0.215. The molecule has 9 nitrogen and oxygen atoms in total. The summed E-state index contributed by atoms with van der Waals surface area (Å²) in [6, 6.07) is 9.27. The van der Waals surface area contributed by atoms with Crippen LogP contribution < -0.4 is 0 Å². The van der Waals surface area contributed by atoms with Crippen molar-refractivity contribution in [1.82, 2.24) is 34.9 Å². The van der Waals surface area contributed by atoms with Crippen LogP contribution in [0.2, 0.25) is 0 Å². The molecular weight excluding hydrogens is 545 g/mol. The van der Waals surface area contributed by atoms with Crippen LogP contribution in [0.4, 0.5) is 4.39 Å². The lowest BCUT2D eigenvalue weighted by Gasteiger charge is -2.49. The first-order chi connectivity index (χ1) is 20.8. The SMILES string of the molecule is CCc1cc(O)c(F)cc1-c1ccc2c(-c3nc4c([nH]3)CN(C(C)C)C(C(=O)N3CC(N5CCCCC5)C3)C4)n[nH]c2c1. The molecule has 0 aliphatic carbocycles. The highest BCUT2D eigenvalue weighted by Gasteiger charge is 2.42. The molecule has 2 fully saturated rings. The topological polar surface area (TPSA) is 104 Å².